The molecule has 0 aromatic heterocycles. The van der Waals surface area contributed by atoms with Gasteiger partial charge < -0.3 is 14.4 Å². The van der Waals surface area contributed by atoms with E-state index in [4.69, 9.17) is 9.47 Å². The van der Waals surface area contributed by atoms with E-state index < -0.39 is 0 Å². The molecule has 7 heteroatoms. The van der Waals surface area contributed by atoms with E-state index in [1.807, 2.05) is 24.3 Å². The Morgan fingerprint density at radius 1 is 1.07 bits per heavy atom. The van der Waals surface area contributed by atoms with E-state index in [2.05, 4.69) is 0 Å². The predicted molar refractivity (Wildman–Crippen MR) is 103 cm³/mol. The molecular weight excluding hydrogens is 360 g/mol. The van der Waals surface area contributed by atoms with Crippen molar-refractivity contribution in [2.45, 2.75) is 32.1 Å². The van der Waals surface area contributed by atoms with Crippen LogP contribution in [0.2, 0.25) is 0 Å². The fraction of sp³-hybridized carbons (Fsp3) is 0.571. The summed E-state index contributed by atoms with van der Waals surface area (Å²) in [6.07, 6.45) is 3.74. The minimum Gasteiger partial charge on any atom is -0.497 e. The molecule has 3 amide bonds. The SMILES string of the molecule is COc1ccc(OCCN(C)C(=O)CCN2C(=O)[C@H]3CCCC[C@H]3C2=O)cc1. The number of carbonyl (C=O) groups excluding carboxylic acids is 3. The lowest BCUT2D eigenvalue weighted by atomic mass is 9.81. The second-order valence-electron chi connectivity index (χ2n) is 7.41. The fourth-order valence-corrected chi connectivity index (χ4v) is 3.95. The maximum atomic E-state index is 12.5. The third kappa shape index (κ3) is 4.46. The first-order chi connectivity index (χ1) is 13.5. The molecule has 0 spiro atoms. The molecule has 2 atom stereocenters. The quantitative estimate of drug-likeness (QED) is 0.638. The summed E-state index contributed by atoms with van der Waals surface area (Å²) in [7, 11) is 3.31. The Labute approximate surface area is 165 Å². The van der Waals surface area contributed by atoms with Gasteiger partial charge in [0.1, 0.15) is 18.1 Å². The van der Waals surface area contributed by atoms with Gasteiger partial charge in [0.2, 0.25) is 17.7 Å². The Kier molecular flexibility index (Phi) is 6.54. The lowest BCUT2D eigenvalue weighted by molar-refractivity contribution is -0.140. The van der Waals surface area contributed by atoms with E-state index in [-0.39, 0.29) is 42.5 Å². The number of fused-ring (bicyclic) bond motifs is 1. The number of methoxy groups -OCH3 is 1. The summed E-state index contributed by atoms with van der Waals surface area (Å²) in [5.41, 5.74) is 0. The topological polar surface area (TPSA) is 76.2 Å². The summed E-state index contributed by atoms with van der Waals surface area (Å²) in [6.45, 7) is 0.964. The van der Waals surface area contributed by atoms with Gasteiger partial charge in [0.25, 0.3) is 0 Å². The van der Waals surface area contributed by atoms with E-state index in [1.165, 1.54) is 4.90 Å². The second kappa shape index (κ2) is 9.08. The van der Waals surface area contributed by atoms with Crippen molar-refractivity contribution in [3.05, 3.63) is 24.3 Å². The number of hydrogen-bond acceptors (Lipinski definition) is 5. The lowest BCUT2D eigenvalue weighted by Crippen LogP contribution is -2.37. The highest BCUT2D eigenvalue weighted by Gasteiger charge is 2.47. The number of hydrogen-bond donors (Lipinski definition) is 0. The second-order valence-corrected chi connectivity index (χ2v) is 7.41. The number of imide groups is 1. The molecule has 3 rings (SSSR count). The number of benzene rings is 1. The van der Waals surface area contributed by atoms with E-state index >= 15 is 0 Å². The van der Waals surface area contributed by atoms with Gasteiger partial charge in [-0.05, 0) is 37.1 Å². The van der Waals surface area contributed by atoms with Crippen LogP contribution < -0.4 is 9.47 Å². The first kappa shape index (κ1) is 20.2. The maximum Gasteiger partial charge on any atom is 0.233 e. The Bertz CT molecular complexity index is 694. The summed E-state index contributed by atoms with van der Waals surface area (Å²) < 4.78 is 10.7. The van der Waals surface area contributed by atoms with Crippen molar-refractivity contribution in [1.29, 1.82) is 0 Å². The molecule has 1 saturated carbocycles. The van der Waals surface area contributed by atoms with E-state index in [9.17, 15) is 14.4 Å². The van der Waals surface area contributed by atoms with Crippen LogP contribution in [0.3, 0.4) is 0 Å². The molecule has 1 aliphatic carbocycles. The minimum absolute atomic E-state index is 0.0898. The molecule has 1 aromatic rings. The van der Waals surface area contributed by atoms with Crippen LogP contribution in [-0.4, -0.2) is 61.4 Å². The van der Waals surface area contributed by atoms with Gasteiger partial charge in [0.15, 0.2) is 0 Å². The van der Waals surface area contributed by atoms with Gasteiger partial charge in [0, 0.05) is 20.0 Å². The minimum atomic E-state index is -0.160. The van der Waals surface area contributed by atoms with Crippen molar-refractivity contribution in [2.24, 2.45) is 11.8 Å². The Morgan fingerprint density at radius 2 is 1.64 bits per heavy atom. The normalized spacial score (nSPS) is 21.4. The molecule has 0 N–H and O–H groups in total. The molecule has 0 bridgehead atoms. The standard InChI is InChI=1S/C21H28N2O5/c1-22(13-14-28-16-9-7-15(27-2)8-10-16)19(24)11-12-23-20(25)17-5-3-4-6-18(17)21(23)26/h7-10,17-18H,3-6,11-14H2,1-2H3/t17-,18+. The van der Waals surface area contributed by atoms with Crippen molar-refractivity contribution >= 4 is 17.7 Å². The van der Waals surface area contributed by atoms with Crippen LogP contribution in [0.15, 0.2) is 24.3 Å². The van der Waals surface area contributed by atoms with Gasteiger partial charge in [-0.15, -0.1) is 0 Å². The Hall–Kier alpha value is -2.57. The molecule has 1 saturated heterocycles. The zero-order valence-electron chi connectivity index (χ0n) is 16.6. The smallest absolute Gasteiger partial charge is 0.233 e. The van der Waals surface area contributed by atoms with Crippen LogP contribution in [0, 0.1) is 11.8 Å². The third-order valence-electron chi connectivity index (χ3n) is 5.66. The number of nitrogens with zero attached hydrogens (tertiary/aromatic N) is 2. The molecule has 1 heterocycles. The summed E-state index contributed by atoms with van der Waals surface area (Å²) in [5.74, 6) is 0.858. The van der Waals surface area contributed by atoms with Gasteiger partial charge in [0.05, 0.1) is 25.5 Å². The average Bonchev–Trinajstić information content (AvgIpc) is 2.97. The molecule has 28 heavy (non-hydrogen) atoms. The predicted octanol–water partition coefficient (Wildman–Crippen LogP) is 2.10. The number of amides is 3. The van der Waals surface area contributed by atoms with Gasteiger partial charge in [-0.2, -0.15) is 0 Å². The summed E-state index contributed by atoms with van der Waals surface area (Å²) in [5, 5.41) is 0. The summed E-state index contributed by atoms with van der Waals surface area (Å²) in [4.78, 5) is 40.2. The Morgan fingerprint density at radius 3 is 2.21 bits per heavy atom. The highest BCUT2D eigenvalue weighted by molar-refractivity contribution is 6.05. The molecule has 0 radical (unpaired) electrons. The molecule has 2 aliphatic rings. The first-order valence-corrected chi connectivity index (χ1v) is 9.87. The molecule has 2 fully saturated rings. The number of likely N-dealkylation sites (N-methyl/N-ethyl adjacent to an activating group) is 1. The van der Waals surface area contributed by atoms with Crippen molar-refractivity contribution in [2.75, 3.05) is 33.9 Å². The van der Waals surface area contributed by atoms with Crippen molar-refractivity contribution in [3.8, 4) is 11.5 Å². The largest absolute Gasteiger partial charge is 0.497 e. The van der Waals surface area contributed by atoms with E-state index in [0.717, 1.165) is 31.4 Å². The van der Waals surface area contributed by atoms with Crippen LogP contribution in [0.5, 0.6) is 11.5 Å². The highest BCUT2D eigenvalue weighted by Crippen LogP contribution is 2.37. The number of ether oxygens (including phenoxy) is 2. The molecule has 0 unspecified atom stereocenters. The van der Waals surface area contributed by atoms with Crippen LogP contribution in [-0.2, 0) is 14.4 Å². The third-order valence-corrected chi connectivity index (χ3v) is 5.66. The zero-order valence-corrected chi connectivity index (χ0v) is 16.6. The average molecular weight is 388 g/mol. The number of carbonyl (C=O) groups is 3. The van der Waals surface area contributed by atoms with Crippen LogP contribution >= 0.6 is 0 Å². The molecule has 7 nitrogen and oxygen atoms in total. The lowest BCUT2D eigenvalue weighted by Gasteiger charge is -2.20. The van der Waals surface area contributed by atoms with E-state index in [0.29, 0.717) is 18.9 Å². The fourth-order valence-electron chi connectivity index (χ4n) is 3.95. The molecule has 1 aromatic carbocycles. The van der Waals surface area contributed by atoms with Crippen LogP contribution in [0.25, 0.3) is 0 Å². The van der Waals surface area contributed by atoms with Crippen molar-refractivity contribution < 1.29 is 23.9 Å². The maximum absolute atomic E-state index is 12.5. The zero-order chi connectivity index (χ0) is 20.1. The van der Waals surface area contributed by atoms with Gasteiger partial charge in [-0.1, -0.05) is 12.8 Å². The van der Waals surface area contributed by atoms with Gasteiger partial charge >= 0.3 is 0 Å². The van der Waals surface area contributed by atoms with Gasteiger partial charge in [-0.25, -0.2) is 0 Å². The molecule has 152 valence electrons. The van der Waals surface area contributed by atoms with Crippen LogP contribution in [0.4, 0.5) is 0 Å². The number of likely N-dealkylation sites (tertiary alicyclic amines) is 1. The summed E-state index contributed by atoms with van der Waals surface area (Å²) >= 11 is 0. The van der Waals surface area contributed by atoms with Crippen LogP contribution in [0.1, 0.15) is 32.1 Å². The highest BCUT2D eigenvalue weighted by atomic mass is 16.5. The van der Waals surface area contributed by atoms with Gasteiger partial charge in [-0.3, -0.25) is 19.3 Å². The number of rotatable bonds is 8. The van der Waals surface area contributed by atoms with Crippen molar-refractivity contribution in [1.82, 2.24) is 9.80 Å². The van der Waals surface area contributed by atoms with E-state index in [1.54, 1.807) is 19.1 Å². The van der Waals surface area contributed by atoms with Crippen molar-refractivity contribution in [3.63, 3.8) is 0 Å². The molecular formula is C21H28N2O5. The monoisotopic (exact) mass is 388 g/mol. The molecule has 1 aliphatic heterocycles. The summed E-state index contributed by atoms with van der Waals surface area (Å²) in [6, 6.07) is 7.24. The Balaban J connectivity index is 1.41. The first-order valence-electron chi connectivity index (χ1n) is 9.87.